The van der Waals surface area contributed by atoms with Gasteiger partial charge in [-0.25, -0.2) is 9.50 Å². The molecule has 0 aromatic carbocycles. The lowest BCUT2D eigenvalue weighted by Gasteiger charge is -2.13. The van der Waals surface area contributed by atoms with E-state index in [0.717, 1.165) is 36.5 Å². The fourth-order valence-electron chi connectivity index (χ4n) is 2.48. The second-order valence-corrected chi connectivity index (χ2v) is 4.51. The molecular formula is C13H13N5. The van der Waals surface area contributed by atoms with Crippen LogP contribution in [0.5, 0.6) is 0 Å². The summed E-state index contributed by atoms with van der Waals surface area (Å²) in [6, 6.07) is 8.15. The van der Waals surface area contributed by atoms with Crippen LogP contribution < -0.4 is 5.32 Å². The van der Waals surface area contributed by atoms with E-state index in [9.17, 15) is 0 Å². The van der Waals surface area contributed by atoms with Crippen LogP contribution in [0.2, 0.25) is 0 Å². The van der Waals surface area contributed by atoms with Crippen molar-refractivity contribution in [1.29, 1.82) is 0 Å². The maximum Gasteiger partial charge on any atom is 0.161 e. The van der Waals surface area contributed by atoms with Gasteiger partial charge >= 0.3 is 0 Å². The minimum atomic E-state index is 0.857. The molecule has 90 valence electrons. The number of rotatable bonds is 1. The molecule has 3 aromatic rings. The van der Waals surface area contributed by atoms with Gasteiger partial charge in [0.25, 0.3) is 0 Å². The molecular weight excluding hydrogens is 226 g/mol. The molecule has 4 heterocycles. The van der Waals surface area contributed by atoms with Crippen LogP contribution in [0.25, 0.3) is 11.3 Å². The molecule has 0 bridgehead atoms. The molecule has 5 nitrogen and oxygen atoms in total. The number of fused-ring (bicyclic) bond motifs is 2. The molecule has 0 radical (unpaired) electrons. The summed E-state index contributed by atoms with van der Waals surface area (Å²) >= 11 is 0. The normalized spacial score (nSPS) is 14.9. The molecule has 3 aromatic heterocycles. The predicted molar refractivity (Wildman–Crippen MR) is 67.7 cm³/mol. The van der Waals surface area contributed by atoms with Gasteiger partial charge in [-0.05, 0) is 12.1 Å². The number of nitrogens with zero attached hydrogens (tertiary/aromatic N) is 4. The lowest BCUT2D eigenvalue weighted by Crippen LogP contribution is -2.24. The van der Waals surface area contributed by atoms with Crippen LogP contribution in [0.4, 0.5) is 0 Å². The van der Waals surface area contributed by atoms with Crippen molar-refractivity contribution in [3.8, 4) is 5.82 Å². The fourth-order valence-corrected chi connectivity index (χ4v) is 2.48. The summed E-state index contributed by atoms with van der Waals surface area (Å²) in [5.74, 6) is 0.942. The topological polar surface area (TPSA) is 47.2 Å². The summed E-state index contributed by atoms with van der Waals surface area (Å²) in [7, 11) is 0. The molecule has 0 aliphatic carbocycles. The second kappa shape index (κ2) is 3.68. The summed E-state index contributed by atoms with van der Waals surface area (Å²) in [5, 5.41) is 7.91. The highest BCUT2D eigenvalue weighted by Crippen LogP contribution is 2.18. The van der Waals surface area contributed by atoms with Gasteiger partial charge in [-0.2, -0.15) is 0 Å². The predicted octanol–water partition coefficient (Wildman–Crippen LogP) is 1.17. The lowest BCUT2D eigenvalue weighted by molar-refractivity contribution is 0.618. The zero-order chi connectivity index (χ0) is 11.9. The Balaban J connectivity index is 1.89. The van der Waals surface area contributed by atoms with Gasteiger partial charge in [0.15, 0.2) is 5.82 Å². The molecule has 5 heteroatoms. The van der Waals surface area contributed by atoms with Crippen LogP contribution in [0.3, 0.4) is 0 Å². The van der Waals surface area contributed by atoms with Gasteiger partial charge in [0.1, 0.15) is 6.33 Å². The Kier molecular flexibility index (Phi) is 2.01. The first-order valence-electron chi connectivity index (χ1n) is 6.12. The molecule has 0 spiro atoms. The Labute approximate surface area is 104 Å². The smallest absolute Gasteiger partial charge is 0.161 e. The summed E-state index contributed by atoms with van der Waals surface area (Å²) in [6.45, 7) is 1.86. The largest absolute Gasteiger partial charge is 0.311 e. The first-order chi connectivity index (χ1) is 8.92. The Hall–Kier alpha value is -2.14. The Bertz CT molecular complexity index is 676. The highest BCUT2D eigenvalue weighted by atomic mass is 15.3. The molecule has 0 saturated carbocycles. The monoisotopic (exact) mass is 239 g/mol. The van der Waals surface area contributed by atoms with E-state index >= 15 is 0 Å². The highest BCUT2D eigenvalue weighted by Gasteiger charge is 2.16. The van der Waals surface area contributed by atoms with Crippen LogP contribution in [-0.2, 0) is 13.0 Å². The van der Waals surface area contributed by atoms with E-state index in [1.807, 2.05) is 29.2 Å². The molecule has 0 unspecified atom stereocenters. The van der Waals surface area contributed by atoms with E-state index in [4.69, 9.17) is 0 Å². The molecule has 0 atom stereocenters. The molecule has 18 heavy (non-hydrogen) atoms. The number of nitrogens with one attached hydrogen (secondary N) is 1. The summed E-state index contributed by atoms with van der Waals surface area (Å²) < 4.78 is 3.99. The maximum absolute atomic E-state index is 4.58. The van der Waals surface area contributed by atoms with Crippen molar-refractivity contribution in [3.05, 3.63) is 48.2 Å². The molecule has 0 saturated heterocycles. The van der Waals surface area contributed by atoms with E-state index in [-0.39, 0.29) is 0 Å². The number of aromatic nitrogens is 4. The van der Waals surface area contributed by atoms with Crippen molar-refractivity contribution in [2.75, 3.05) is 6.54 Å². The minimum Gasteiger partial charge on any atom is -0.311 e. The SMILES string of the molecule is c1ccn2nc(-n3cnc4c3CCNC4)cc2c1. The van der Waals surface area contributed by atoms with Crippen LogP contribution in [0.1, 0.15) is 11.4 Å². The van der Waals surface area contributed by atoms with Crippen LogP contribution in [-0.4, -0.2) is 25.7 Å². The van der Waals surface area contributed by atoms with Gasteiger partial charge in [0, 0.05) is 37.5 Å². The second-order valence-electron chi connectivity index (χ2n) is 4.51. The van der Waals surface area contributed by atoms with E-state index in [1.165, 1.54) is 5.69 Å². The van der Waals surface area contributed by atoms with E-state index < -0.39 is 0 Å². The zero-order valence-corrected chi connectivity index (χ0v) is 9.87. The van der Waals surface area contributed by atoms with Crippen molar-refractivity contribution in [3.63, 3.8) is 0 Å². The fraction of sp³-hybridized carbons (Fsp3) is 0.231. The van der Waals surface area contributed by atoms with Gasteiger partial charge in [-0.15, -0.1) is 5.10 Å². The maximum atomic E-state index is 4.58. The van der Waals surface area contributed by atoms with Crippen molar-refractivity contribution in [2.45, 2.75) is 13.0 Å². The van der Waals surface area contributed by atoms with E-state index in [1.54, 1.807) is 0 Å². The molecule has 1 aliphatic rings. The van der Waals surface area contributed by atoms with Gasteiger partial charge < -0.3 is 5.32 Å². The lowest BCUT2D eigenvalue weighted by atomic mass is 10.2. The Morgan fingerprint density at radius 2 is 2.28 bits per heavy atom. The Morgan fingerprint density at radius 3 is 3.22 bits per heavy atom. The summed E-state index contributed by atoms with van der Waals surface area (Å²) in [5.41, 5.74) is 3.51. The average Bonchev–Trinajstić information content (AvgIpc) is 3.02. The van der Waals surface area contributed by atoms with E-state index in [2.05, 4.69) is 32.1 Å². The number of imidazole rings is 1. The van der Waals surface area contributed by atoms with Crippen LogP contribution >= 0.6 is 0 Å². The van der Waals surface area contributed by atoms with Crippen LogP contribution in [0.15, 0.2) is 36.8 Å². The van der Waals surface area contributed by atoms with Crippen molar-refractivity contribution in [1.82, 2.24) is 24.5 Å². The Morgan fingerprint density at radius 1 is 1.28 bits per heavy atom. The first-order valence-corrected chi connectivity index (χ1v) is 6.12. The van der Waals surface area contributed by atoms with E-state index in [0.29, 0.717) is 0 Å². The molecule has 0 fully saturated rings. The van der Waals surface area contributed by atoms with Gasteiger partial charge in [-0.3, -0.25) is 4.57 Å². The van der Waals surface area contributed by atoms with Crippen molar-refractivity contribution in [2.24, 2.45) is 0 Å². The number of hydrogen-bond acceptors (Lipinski definition) is 3. The quantitative estimate of drug-likeness (QED) is 0.693. The third-order valence-corrected chi connectivity index (χ3v) is 3.39. The average molecular weight is 239 g/mol. The summed E-state index contributed by atoms with van der Waals surface area (Å²) in [6.07, 6.45) is 4.84. The number of pyridine rings is 1. The summed E-state index contributed by atoms with van der Waals surface area (Å²) in [4.78, 5) is 4.45. The molecule has 1 N–H and O–H groups in total. The third-order valence-electron chi connectivity index (χ3n) is 3.39. The molecule has 4 rings (SSSR count). The molecule has 0 amide bonds. The van der Waals surface area contributed by atoms with Crippen LogP contribution in [0, 0.1) is 0 Å². The first kappa shape index (κ1) is 9.85. The highest BCUT2D eigenvalue weighted by molar-refractivity contribution is 5.51. The zero-order valence-electron chi connectivity index (χ0n) is 9.87. The van der Waals surface area contributed by atoms with Crippen molar-refractivity contribution < 1.29 is 0 Å². The molecule has 1 aliphatic heterocycles. The standard InChI is InChI=1S/C13H13N5/c1-2-6-18-10(3-1)7-13(16-18)17-9-15-11-8-14-5-4-12(11)17/h1-3,6-7,9,14H,4-5,8H2. The van der Waals surface area contributed by atoms with Crippen molar-refractivity contribution >= 4 is 5.52 Å². The van der Waals surface area contributed by atoms with Gasteiger partial charge in [-0.1, -0.05) is 6.07 Å². The third kappa shape index (κ3) is 1.37. The minimum absolute atomic E-state index is 0.857. The van der Waals surface area contributed by atoms with Gasteiger partial charge in [0.05, 0.1) is 11.2 Å². The number of hydrogen-bond donors (Lipinski definition) is 1. The van der Waals surface area contributed by atoms with Gasteiger partial charge in [0.2, 0.25) is 0 Å².